The minimum Gasteiger partial charge on any atom is -0.426 e. The molecule has 70 valence electrons. The Balaban J connectivity index is 3.01. The number of carbonyl (C=O) groups excluding carboxylic acids is 1. The molecule has 0 aliphatic heterocycles. The third kappa shape index (κ3) is 2.21. The lowest BCUT2D eigenvalue weighted by Gasteiger charge is -2.09. The minimum absolute atomic E-state index is 0.295. The summed E-state index contributed by atoms with van der Waals surface area (Å²) in [5, 5.41) is 3.02. The predicted molar refractivity (Wildman–Crippen MR) is 52.0 cm³/mol. The number of nitrogens with one attached hydrogen (secondary N) is 1. The van der Waals surface area contributed by atoms with E-state index in [9.17, 15) is 4.79 Å². The van der Waals surface area contributed by atoms with E-state index in [1.165, 1.54) is 6.92 Å². The normalized spacial score (nSPS) is 9.46. The number of ether oxygens (including phenoxy) is 1. The summed E-state index contributed by atoms with van der Waals surface area (Å²) in [5.41, 5.74) is 1.92. The molecule has 3 nitrogen and oxygen atoms in total. The van der Waals surface area contributed by atoms with Crippen LogP contribution in [-0.2, 0) is 4.79 Å². The van der Waals surface area contributed by atoms with Crippen molar-refractivity contribution in [2.24, 2.45) is 0 Å². The fourth-order valence-corrected chi connectivity index (χ4v) is 1.15. The van der Waals surface area contributed by atoms with E-state index in [2.05, 4.69) is 5.32 Å². The van der Waals surface area contributed by atoms with Gasteiger partial charge in [-0.05, 0) is 19.1 Å². The van der Waals surface area contributed by atoms with Crippen LogP contribution in [0.25, 0.3) is 0 Å². The van der Waals surface area contributed by atoms with Gasteiger partial charge in [-0.3, -0.25) is 4.79 Å². The van der Waals surface area contributed by atoms with Gasteiger partial charge < -0.3 is 10.1 Å². The Bertz CT molecular complexity index is 321. The van der Waals surface area contributed by atoms with Crippen molar-refractivity contribution in [1.29, 1.82) is 0 Å². The summed E-state index contributed by atoms with van der Waals surface area (Å²) >= 11 is 0. The molecule has 0 bridgehead atoms. The highest BCUT2D eigenvalue weighted by molar-refractivity contribution is 5.71. The Hall–Kier alpha value is -1.51. The van der Waals surface area contributed by atoms with Crippen molar-refractivity contribution in [2.75, 3.05) is 12.4 Å². The van der Waals surface area contributed by atoms with Gasteiger partial charge in [-0.15, -0.1) is 0 Å². The molecule has 0 atom stereocenters. The van der Waals surface area contributed by atoms with Crippen LogP contribution in [0.3, 0.4) is 0 Å². The molecule has 0 radical (unpaired) electrons. The lowest BCUT2D eigenvalue weighted by atomic mass is 10.2. The molecule has 13 heavy (non-hydrogen) atoms. The third-order valence-corrected chi connectivity index (χ3v) is 1.81. The van der Waals surface area contributed by atoms with Crippen LogP contribution < -0.4 is 10.1 Å². The molecule has 1 N–H and O–H groups in total. The van der Waals surface area contributed by atoms with Crippen molar-refractivity contribution >= 4 is 11.7 Å². The molecule has 0 aromatic heterocycles. The SMILES string of the molecule is CNc1cccc(OC(C)=O)c1C. The molecule has 0 aliphatic rings. The number of hydrogen-bond acceptors (Lipinski definition) is 3. The number of benzene rings is 1. The third-order valence-electron chi connectivity index (χ3n) is 1.81. The molecule has 0 amide bonds. The first kappa shape index (κ1) is 9.58. The number of carbonyl (C=O) groups is 1. The van der Waals surface area contributed by atoms with Crippen LogP contribution in [0.15, 0.2) is 18.2 Å². The summed E-state index contributed by atoms with van der Waals surface area (Å²) in [5.74, 6) is 0.315. The van der Waals surface area contributed by atoms with Crippen molar-refractivity contribution < 1.29 is 9.53 Å². The highest BCUT2D eigenvalue weighted by Crippen LogP contribution is 2.24. The van der Waals surface area contributed by atoms with E-state index in [1.807, 2.05) is 26.1 Å². The summed E-state index contributed by atoms with van der Waals surface area (Å²) < 4.78 is 5.01. The molecular formula is C10H13NO2. The van der Waals surface area contributed by atoms with Gasteiger partial charge in [-0.25, -0.2) is 0 Å². The lowest BCUT2D eigenvalue weighted by molar-refractivity contribution is -0.131. The maximum atomic E-state index is 10.7. The van der Waals surface area contributed by atoms with Gasteiger partial charge in [-0.1, -0.05) is 6.07 Å². The largest absolute Gasteiger partial charge is 0.426 e. The zero-order chi connectivity index (χ0) is 9.84. The van der Waals surface area contributed by atoms with Crippen LogP contribution in [0.1, 0.15) is 12.5 Å². The molecule has 0 aliphatic carbocycles. The Kier molecular flexibility index (Phi) is 2.90. The van der Waals surface area contributed by atoms with Gasteiger partial charge in [0.1, 0.15) is 5.75 Å². The van der Waals surface area contributed by atoms with E-state index in [1.54, 1.807) is 6.07 Å². The zero-order valence-corrected chi connectivity index (χ0v) is 8.05. The predicted octanol–water partition coefficient (Wildman–Crippen LogP) is 1.96. The molecule has 0 fully saturated rings. The van der Waals surface area contributed by atoms with Gasteiger partial charge in [0.05, 0.1) is 0 Å². The molecule has 0 saturated carbocycles. The van der Waals surface area contributed by atoms with Gasteiger partial charge in [-0.2, -0.15) is 0 Å². The Morgan fingerprint density at radius 3 is 2.69 bits per heavy atom. The van der Waals surface area contributed by atoms with Crippen LogP contribution in [0, 0.1) is 6.92 Å². The molecular weight excluding hydrogens is 166 g/mol. The maximum absolute atomic E-state index is 10.7. The van der Waals surface area contributed by atoms with Crippen LogP contribution in [0.4, 0.5) is 5.69 Å². The summed E-state index contributed by atoms with van der Waals surface area (Å²) in [4.78, 5) is 10.7. The lowest BCUT2D eigenvalue weighted by Crippen LogP contribution is -2.03. The fourth-order valence-electron chi connectivity index (χ4n) is 1.15. The average molecular weight is 179 g/mol. The molecule has 1 aromatic rings. The molecule has 0 spiro atoms. The summed E-state index contributed by atoms with van der Waals surface area (Å²) in [7, 11) is 1.83. The van der Waals surface area contributed by atoms with E-state index in [0.29, 0.717) is 5.75 Å². The Labute approximate surface area is 77.7 Å². The van der Waals surface area contributed by atoms with Crippen molar-refractivity contribution in [1.82, 2.24) is 0 Å². The first-order valence-electron chi connectivity index (χ1n) is 4.11. The standard InChI is InChI=1S/C10H13NO2/c1-7-9(11-3)5-4-6-10(7)13-8(2)12/h4-6,11H,1-3H3. The van der Waals surface area contributed by atoms with Crippen molar-refractivity contribution in [2.45, 2.75) is 13.8 Å². The number of esters is 1. The van der Waals surface area contributed by atoms with Gasteiger partial charge in [0.15, 0.2) is 0 Å². The van der Waals surface area contributed by atoms with E-state index in [0.717, 1.165) is 11.3 Å². The number of anilines is 1. The van der Waals surface area contributed by atoms with Crippen molar-refractivity contribution in [3.63, 3.8) is 0 Å². The average Bonchev–Trinajstić information content (AvgIpc) is 2.08. The number of hydrogen-bond donors (Lipinski definition) is 1. The smallest absolute Gasteiger partial charge is 0.308 e. The first-order valence-corrected chi connectivity index (χ1v) is 4.11. The molecule has 1 rings (SSSR count). The summed E-state index contributed by atoms with van der Waals surface area (Å²) in [6.45, 7) is 3.30. The van der Waals surface area contributed by atoms with Gasteiger partial charge in [0.2, 0.25) is 0 Å². The quantitative estimate of drug-likeness (QED) is 0.557. The molecule has 3 heteroatoms. The fraction of sp³-hybridized carbons (Fsp3) is 0.300. The van der Waals surface area contributed by atoms with Gasteiger partial charge >= 0.3 is 5.97 Å². The molecule has 0 saturated heterocycles. The van der Waals surface area contributed by atoms with Crippen molar-refractivity contribution in [3.05, 3.63) is 23.8 Å². The summed E-state index contributed by atoms with van der Waals surface area (Å²) in [6.07, 6.45) is 0. The topological polar surface area (TPSA) is 38.3 Å². The zero-order valence-electron chi connectivity index (χ0n) is 8.05. The van der Waals surface area contributed by atoms with Gasteiger partial charge in [0.25, 0.3) is 0 Å². The minimum atomic E-state index is -0.295. The number of rotatable bonds is 2. The van der Waals surface area contributed by atoms with Crippen LogP contribution in [0.2, 0.25) is 0 Å². The highest BCUT2D eigenvalue weighted by atomic mass is 16.5. The van der Waals surface area contributed by atoms with Crippen LogP contribution in [0.5, 0.6) is 5.75 Å². The Morgan fingerprint density at radius 2 is 2.15 bits per heavy atom. The highest BCUT2D eigenvalue weighted by Gasteiger charge is 2.04. The first-order chi connectivity index (χ1) is 6.15. The molecule has 0 heterocycles. The van der Waals surface area contributed by atoms with E-state index >= 15 is 0 Å². The monoisotopic (exact) mass is 179 g/mol. The second kappa shape index (κ2) is 3.94. The maximum Gasteiger partial charge on any atom is 0.308 e. The van der Waals surface area contributed by atoms with Crippen LogP contribution in [-0.4, -0.2) is 13.0 Å². The second-order valence-electron chi connectivity index (χ2n) is 2.77. The van der Waals surface area contributed by atoms with Gasteiger partial charge in [0, 0.05) is 25.2 Å². The van der Waals surface area contributed by atoms with E-state index in [-0.39, 0.29) is 5.97 Å². The molecule has 0 unspecified atom stereocenters. The van der Waals surface area contributed by atoms with E-state index in [4.69, 9.17) is 4.74 Å². The summed E-state index contributed by atoms with van der Waals surface area (Å²) in [6, 6.07) is 5.55. The van der Waals surface area contributed by atoms with E-state index < -0.39 is 0 Å². The van der Waals surface area contributed by atoms with Crippen LogP contribution >= 0.6 is 0 Å². The van der Waals surface area contributed by atoms with Crippen molar-refractivity contribution in [3.8, 4) is 5.75 Å². The Morgan fingerprint density at radius 1 is 1.46 bits per heavy atom. The second-order valence-corrected chi connectivity index (χ2v) is 2.77. The molecule has 1 aromatic carbocycles.